The van der Waals surface area contributed by atoms with Gasteiger partial charge in [0.05, 0.1) is 6.54 Å². The van der Waals surface area contributed by atoms with Gasteiger partial charge >= 0.3 is 0 Å². The smallest absolute Gasteiger partial charge is 0.191 e. The van der Waals surface area contributed by atoms with E-state index in [4.69, 9.17) is 5.73 Å². The molecule has 1 aromatic carbocycles. The molecule has 20 heavy (non-hydrogen) atoms. The maximum Gasteiger partial charge on any atom is 0.191 e. The van der Waals surface area contributed by atoms with Crippen LogP contribution in [0.4, 0.5) is 4.39 Å². The predicted molar refractivity (Wildman–Crippen MR) is 82.0 cm³/mol. The normalized spacial score (nSPS) is 11.3. The van der Waals surface area contributed by atoms with Crippen molar-refractivity contribution in [1.29, 1.82) is 0 Å². The average Bonchev–Trinajstić information content (AvgIpc) is 2.83. The van der Waals surface area contributed by atoms with Gasteiger partial charge in [-0.05, 0) is 37.6 Å². The van der Waals surface area contributed by atoms with E-state index < -0.39 is 0 Å². The summed E-state index contributed by atoms with van der Waals surface area (Å²) in [6, 6.07) is 4.91. The molecule has 2 rings (SSSR count). The molecule has 0 fully saturated rings. The molecule has 0 atom stereocenters. The van der Waals surface area contributed by atoms with E-state index in [9.17, 15) is 4.39 Å². The van der Waals surface area contributed by atoms with Crippen molar-refractivity contribution in [2.75, 3.05) is 0 Å². The van der Waals surface area contributed by atoms with Gasteiger partial charge in [-0.2, -0.15) is 0 Å². The number of aromatic nitrogens is 3. The second-order valence-electron chi connectivity index (χ2n) is 4.59. The number of hydrogen-bond acceptors (Lipinski definition) is 4. The summed E-state index contributed by atoms with van der Waals surface area (Å²) < 4.78 is 16.2. The average molecular weight is 359 g/mol. The van der Waals surface area contributed by atoms with Crippen LogP contribution in [0.25, 0.3) is 0 Å². The SMILES string of the molecule is CC(C)n1c(CN)nnc1SCc1cc(F)ccc1Br. The lowest BCUT2D eigenvalue weighted by Crippen LogP contribution is -2.11. The molecule has 0 amide bonds. The van der Waals surface area contributed by atoms with Crippen LogP contribution in [0.2, 0.25) is 0 Å². The summed E-state index contributed by atoms with van der Waals surface area (Å²) in [5.41, 5.74) is 6.55. The van der Waals surface area contributed by atoms with Crippen molar-refractivity contribution in [2.24, 2.45) is 5.73 Å². The molecule has 1 aromatic heterocycles. The molecule has 4 nitrogen and oxygen atoms in total. The molecular weight excluding hydrogens is 343 g/mol. The minimum absolute atomic E-state index is 0.238. The molecule has 0 unspecified atom stereocenters. The van der Waals surface area contributed by atoms with E-state index in [-0.39, 0.29) is 11.9 Å². The Kier molecular flexibility index (Phi) is 5.17. The van der Waals surface area contributed by atoms with Gasteiger partial charge in [0, 0.05) is 16.3 Å². The molecule has 2 N–H and O–H groups in total. The number of halogens is 2. The molecule has 1 heterocycles. The molecule has 0 aliphatic carbocycles. The van der Waals surface area contributed by atoms with Crippen LogP contribution >= 0.6 is 27.7 Å². The first kappa shape index (κ1) is 15.5. The van der Waals surface area contributed by atoms with Gasteiger partial charge in [-0.1, -0.05) is 27.7 Å². The summed E-state index contributed by atoms with van der Waals surface area (Å²) in [7, 11) is 0. The van der Waals surface area contributed by atoms with Crippen LogP contribution < -0.4 is 5.73 Å². The van der Waals surface area contributed by atoms with Crippen molar-refractivity contribution in [3.05, 3.63) is 39.9 Å². The molecule has 0 radical (unpaired) electrons. The third kappa shape index (κ3) is 3.39. The molecule has 0 bridgehead atoms. The highest BCUT2D eigenvalue weighted by molar-refractivity contribution is 9.10. The van der Waals surface area contributed by atoms with Crippen LogP contribution in [-0.2, 0) is 12.3 Å². The summed E-state index contributed by atoms with van der Waals surface area (Å²) in [6.07, 6.45) is 0. The second-order valence-corrected chi connectivity index (χ2v) is 6.39. The Morgan fingerprint density at radius 1 is 1.40 bits per heavy atom. The lowest BCUT2D eigenvalue weighted by atomic mass is 10.2. The van der Waals surface area contributed by atoms with E-state index in [2.05, 4.69) is 40.0 Å². The molecule has 0 aliphatic rings. The molecule has 2 aromatic rings. The Hall–Kier alpha value is -0.920. The summed E-state index contributed by atoms with van der Waals surface area (Å²) in [5.74, 6) is 1.14. The van der Waals surface area contributed by atoms with Crippen molar-refractivity contribution in [1.82, 2.24) is 14.8 Å². The number of rotatable bonds is 5. The number of hydrogen-bond donors (Lipinski definition) is 1. The van der Waals surface area contributed by atoms with Crippen LogP contribution in [0, 0.1) is 5.82 Å². The van der Waals surface area contributed by atoms with Gasteiger partial charge in [-0.25, -0.2) is 4.39 Å². The van der Waals surface area contributed by atoms with E-state index in [1.807, 2.05) is 4.57 Å². The Balaban J connectivity index is 2.19. The highest BCUT2D eigenvalue weighted by Gasteiger charge is 2.14. The number of thioether (sulfide) groups is 1. The van der Waals surface area contributed by atoms with E-state index >= 15 is 0 Å². The van der Waals surface area contributed by atoms with Gasteiger partial charge in [0.15, 0.2) is 5.16 Å². The summed E-state index contributed by atoms with van der Waals surface area (Å²) in [6.45, 7) is 4.48. The van der Waals surface area contributed by atoms with Gasteiger partial charge in [0.1, 0.15) is 11.6 Å². The van der Waals surface area contributed by atoms with Crippen molar-refractivity contribution >= 4 is 27.7 Å². The first-order valence-electron chi connectivity index (χ1n) is 6.23. The second kappa shape index (κ2) is 6.69. The van der Waals surface area contributed by atoms with Gasteiger partial charge in [0.2, 0.25) is 0 Å². The van der Waals surface area contributed by atoms with Crippen LogP contribution in [-0.4, -0.2) is 14.8 Å². The van der Waals surface area contributed by atoms with Crippen LogP contribution in [0.3, 0.4) is 0 Å². The van der Waals surface area contributed by atoms with Crippen molar-refractivity contribution in [2.45, 2.75) is 37.3 Å². The first-order chi connectivity index (χ1) is 9.52. The highest BCUT2D eigenvalue weighted by Crippen LogP contribution is 2.28. The summed E-state index contributed by atoms with van der Waals surface area (Å²) in [4.78, 5) is 0. The molecular formula is C13H16BrFN4S. The largest absolute Gasteiger partial charge is 0.324 e. The van der Waals surface area contributed by atoms with Crippen molar-refractivity contribution in [3.63, 3.8) is 0 Å². The van der Waals surface area contributed by atoms with Crippen LogP contribution in [0.1, 0.15) is 31.3 Å². The lowest BCUT2D eigenvalue weighted by Gasteiger charge is -2.13. The Morgan fingerprint density at radius 2 is 2.15 bits per heavy atom. The van der Waals surface area contributed by atoms with Gasteiger partial charge < -0.3 is 10.3 Å². The maximum atomic E-state index is 13.3. The summed E-state index contributed by atoms with van der Waals surface area (Å²) >= 11 is 4.95. The zero-order chi connectivity index (χ0) is 14.7. The number of nitrogens with zero attached hydrogens (tertiary/aromatic N) is 3. The Morgan fingerprint density at radius 3 is 2.80 bits per heavy atom. The maximum absolute atomic E-state index is 13.3. The number of nitrogens with two attached hydrogens (primary N) is 1. The monoisotopic (exact) mass is 358 g/mol. The Bertz CT molecular complexity index is 600. The van der Waals surface area contributed by atoms with Crippen LogP contribution in [0.5, 0.6) is 0 Å². The fourth-order valence-electron chi connectivity index (χ4n) is 1.86. The van der Waals surface area contributed by atoms with Crippen LogP contribution in [0.15, 0.2) is 27.8 Å². The third-order valence-corrected chi connectivity index (χ3v) is 4.56. The number of benzene rings is 1. The van der Waals surface area contributed by atoms with Crippen molar-refractivity contribution in [3.8, 4) is 0 Å². The fraction of sp³-hybridized carbons (Fsp3) is 0.385. The van der Waals surface area contributed by atoms with E-state index in [1.165, 1.54) is 23.9 Å². The predicted octanol–water partition coefficient (Wildman–Crippen LogP) is 3.51. The van der Waals surface area contributed by atoms with Gasteiger partial charge in [0.25, 0.3) is 0 Å². The van der Waals surface area contributed by atoms with Gasteiger partial charge in [-0.15, -0.1) is 10.2 Å². The van der Waals surface area contributed by atoms with E-state index in [0.29, 0.717) is 12.3 Å². The van der Waals surface area contributed by atoms with E-state index in [0.717, 1.165) is 21.0 Å². The molecule has 0 aliphatic heterocycles. The molecule has 0 saturated heterocycles. The molecule has 7 heteroatoms. The quantitative estimate of drug-likeness (QED) is 0.830. The first-order valence-corrected chi connectivity index (χ1v) is 8.01. The highest BCUT2D eigenvalue weighted by atomic mass is 79.9. The minimum Gasteiger partial charge on any atom is -0.324 e. The standard InChI is InChI=1S/C13H16BrFN4S/c1-8(2)19-12(6-16)17-18-13(19)20-7-9-5-10(15)3-4-11(9)14/h3-5,8H,6-7,16H2,1-2H3. The molecule has 0 saturated carbocycles. The topological polar surface area (TPSA) is 56.7 Å². The van der Waals surface area contributed by atoms with Crippen molar-refractivity contribution < 1.29 is 4.39 Å². The Labute approximate surface area is 130 Å². The molecule has 108 valence electrons. The fourth-order valence-corrected chi connectivity index (χ4v) is 3.51. The minimum atomic E-state index is -0.239. The zero-order valence-electron chi connectivity index (χ0n) is 11.3. The molecule has 0 spiro atoms. The lowest BCUT2D eigenvalue weighted by molar-refractivity contribution is 0.526. The summed E-state index contributed by atoms with van der Waals surface area (Å²) in [5, 5.41) is 9.05. The zero-order valence-corrected chi connectivity index (χ0v) is 13.7. The van der Waals surface area contributed by atoms with Gasteiger partial charge in [-0.3, -0.25) is 0 Å². The van der Waals surface area contributed by atoms with E-state index in [1.54, 1.807) is 6.07 Å². The third-order valence-electron chi connectivity index (χ3n) is 2.80.